The quantitative estimate of drug-likeness (QED) is 0.0619. The summed E-state index contributed by atoms with van der Waals surface area (Å²) in [6, 6.07) is 17.9. The molecule has 0 N–H and O–H groups in total. The van der Waals surface area contributed by atoms with Gasteiger partial charge in [-0.1, -0.05) is 13.2 Å². The molecule has 0 fully saturated rings. The Morgan fingerprint density at radius 1 is 0.565 bits per heavy atom. The highest BCUT2D eigenvalue weighted by Crippen LogP contribution is 2.26. The van der Waals surface area contributed by atoms with Crippen molar-refractivity contribution in [1.29, 1.82) is 0 Å². The van der Waals surface area contributed by atoms with Crippen molar-refractivity contribution in [2.24, 2.45) is 0 Å². The molecule has 0 heterocycles. The van der Waals surface area contributed by atoms with Crippen molar-refractivity contribution < 1.29 is 47.6 Å². The van der Waals surface area contributed by atoms with Gasteiger partial charge >= 0.3 is 23.9 Å². The lowest BCUT2D eigenvalue weighted by Crippen LogP contribution is -2.11. The van der Waals surface area contributed by atoms with Gasteiger partial charge in [-0.15, -0.1) is 0 Å². The van der Waals surface area contributed by atoms with E-state index < -0.39 is 23.9 Å². The number of unbranched alkanes of at least 4 members (excludes halogenated alkanes) is 3. The lowest BCUT2D eigenvalue weighted by molar-refractivity contribution is -0.138. The predicted molar refractivity (Wildman–Crippen MR) is 170 cm³/mol. The van der Waals surface area contributed by atoms with Crippen LogP contribution >= 0.6 is 0 Å². The fourth-order valence-corrected chi connectivity index (χ4v) is 3.93. The van der Waals surface area contributed by atoms with Crippen molar-refractivity contribution >= 4 is 23.9 Å². The maximum Gasteiger partial charge on any atom is 0.343 e. The third-order valence-corrected chi connectivity index (χ3v) is 6.43. The van der Waals surface area contributed by atoms with Crippen LogP contribution in [0.3, 0.4) is 0 Å². The Bertz CT molecular complexity index is 1480. The average Bonchev–Trinajstić information content (AvgIpc) is 3.07. The van der Waals surface area contributed by atoms with Gasteiger partial charge < -0.3 is 28.4 Å². The number of carbonyl (C=O) groups excluding carboxylic acids is 4. The lowest BCUT2D eigenvalue weighted by Gasteiger charge is -2.11. The summed E-state index contributed by atoms with van der Waals surface area (Å²) in [6.45, 7) is 10.0. The van der Waals surface area contributed by atoms with E-state index in [0.29, 0.717) is 79.0 Å². The van der Waals surface area contributed by atoms with Gasteiger partial charge in [0.25, 0.3) is 0 Å². The molecule has 0 saturated heterocycles. The topological polar surface area (TPSA) is 124 Å². The van der Waals surface area contributed by atoms with E-state index in [1.54, 1.807) is 73.7 Å². The van der Waals surface area contributed by atoms with Crippen LogP contribution in [0.5, 0.6) is 23.0 Å². The zero-order chi connectivity index (χ0) is 33.1. The SMILES string of the molecule is C=CC(=O)OCCCCCOc1ccc(C(=O)Oc2ccc(OC(=O)c3ccc(OCCCCOC(=O)C=C)cc3)c(C)c2)cc1. The molecule has 0 unspecified atom stereocenters. The van der Waals surface area contributed by atoms with Gasteiger partial charge in [-0.05, 0) is 111 Å². The van der Waals surface area contributed by atoms with Crippen LogP contribution in [0.15, 0.2) is 92.0 Å². The average molecular weight is 631 g/mol. The molecule has 10 heteroatoms. The minimum atomic E-state index is -0.542. The molecule has 10 nitrogen and oxygen atoms in total. The maximum atomic E-state index is 12.7. The van der Waals surface area contributed by atoms with Crippen molar-refractivity contribution in [3.63, 3.8) is 0 Å². The number of aryl methyl sites for hydroxylation is 1. The molecule has 0 radical (unpaired) electrons. The van der Waals surface area contributed by atoms with Crippen molar-refractivity contribution in [2.45, 2.75) is 39.0 Å². The number of esters is 4. The van der Waals surface area contributed by atoms with Crippen LogP contribution in [-0.4, -0.2) is 50.3 Å². The summed E-state index contributed by atoms with van der Waals surface area (Å²) < 4.78 is 32.3. The highest BCUT2D eigenvalue weighted by molar-refractivity contribution is 5.92. The Morgan fingerprint density at radius 2 is 1.00 bits per heavy atom. The minimum absolute atomic E-state index is 0.300. The Labute approximate surface area is 268 Å². The summed E-state index contributed by atoms with van der Waals surface area (Å²) >= 11 is 0. The minimum Gasteiger partial charge on any atom is -0.494 e. The fraction of sp³-hybridized carbons (Fsp3) is 0.278. The molecule has 0 bridgehead atoms. The second-order valence-electron chi connectivity index (χ2n) is 9.96. The summed E-state index contributed by atoms with van der Waals surface area (Å²) in [7, 11) is 0. The van der Waals surface area contributed by atoms with E-state index in [0.717, 1.165) is 31.4 Å². The van der Waals surface area contributed by atoms with Crippen LogP contribution < -0.4 is 18.9 Å². The van der Waals surface area contributed by atoms with E-state index >= 15 is 0 Å². The van der Waals surface area contributed by atoms with E-state index in [-0.39, 0.29) is 0 Å². The van der Waals surface area contributed by atoms with Gasteiger partial charge in [-0.2, -0.15) is 0 Å². The van der Waals surface area contributed by atoms with Crippen LogP contribution in [-0.2, 0) is 19.1 Å². The third kappa shape index (κ3) is 12.3. The highest BCUT2D eigenvalue weighted by Gasteiger charge is 2.14. The van der Waals surface area contributed by atoms with Gasteiger partial charge in [-0.25, -0.2) is 19.2 Å². The van der Waals surface area contributed by atoms with E-state index in [9.17, 15) is 19.2 Å². The third-order valence-electron chi connectivity index (χ3n) is 6.43. The van der Waals surface area contributed by atoms with Crippen LogP contribution in [0.25, 0.3) is 0 Å². The van der Waals surface area contributed by atoms with Gasteiger partial charge in [-0.3, -0.25) is 0 Å². The smallest absolute Gasteiger partial charge is 0.343 e. The standard InChI is InChI=1S/C36H38O10/c1-4-33(37)43-23-8-6-7-21-41-29-15-11-27(12-16-29)35(39)45-31-19-20-32(26(3)25-31)46-36(40)28-13-17-30(18-14-28)42-22-9-10-24-44-34(38)5-2/h4-5,11-20,25H,1-2,6-10,21-24H2,3H3. The van der Waals surface area contributed by atoms with E-state index in [2.05, 4.69) is 13.2 Å². The monoisotopic (exact) mass is 630 g/mol. The number of hydrogen-bond donors (Lipinski definition) is 0. The number of carbonyl (C=O) groups is 4. The van der Waals surface area contributed by atoms with Crippen LogP contribution in [0.1, 0.15) is 58.4 Å². The van der Waals surface area contributed by atoms with Gasteiger partial charge in [0.15, 0.2) is 0 Å². The van der Waals surface area contributed by atoms with Crippen molar-refractivity contribution in [1.82, 2.24) is 0 Å². The Balaban J connectivity index is 1.40. The largest absolute Gasteiger partial charge is 0.494 e. The number of ether oxygens (including phenoxy) is 6. The Kier molecular flexibility index (Phi) is 14.6. The summed E-state index contributed by atoms with van der Waals surface area (Å²) in [5.74, 6) is -0.0901. The predicted octanol–water partition coefficient (Wildman–Crippen LogP) is 6.60. The molecule has 0 amide bonds. The first-order valence-corrected chi connectivity index (χ1v) is 14.9. The zero-order valence-corrected chi connectivity index (χ0v) is 25.9. The number of benzene rings is 3. The Hall–Kier alpha value is -5.38. The van der Waals surface area contributed by atoms with E-state index in [4.69, 9.17) is 28.4 Å². The second-order valence-corrected chi connectivity index (χ2v) is 9.96. The van der Waals surface area contributed by atoms with Crippen LogP contribution in [0.4, 0.5) is 0 Å². The summed E-state index contributed by atoms with van der Waals surface area (Å²) in [4.78, 5) is 47.4. The Morgan fingerprint density at radius 3 is 1.50 bits per heavy atom. The van der Waals surface area contributed by atoms with E-state index in [1.165, 1.54) is 0 Å². The van der Waals surface area contributed by atoms with Gasteiger partial charge in [0, 0.05) is 12.2 Å². The first-order valence-electron chi connectivity index (χ1n) is 14.9. The molecule has 46 heavy (non-hydrogen) atoms. The van der Waals surface area contributed by atoms with E-state index in [1.807, 2.05) is 0 Å². The summed E-state index contributed by atoms with van der Waals surface area (Å²) in [5, 5.41) is 0. The van der Waals surface area contributed by atoms with Crippen LogP contribution in [0.2, 0.25) is 0 Å². The molecule has 0 aliphatic rings. The van der Waals surface area contributed by atoms with Crippen molar-refractivity contribution in [3.8, 4) is 23.0 Å². The molecule has 3 aromatic rings. The summed E-state index contributed by atoms with van der Waals surface area (Å²) in [5.41, 5.74) is 1.31. The molecular weight excluding hydrogens is 592 g/mol. The zero-order valence-electron chi connectivity index (χ0n) is 25.9. The molecular formula is C36H38O10. The molecule has 3 rings (SSSR count). The van der Waals surface area contributed by atoms with Crippen LogP contribution in [0, 0.1) is 6.92 Å². The number of rotatable bonds is 19. The molecule has 0 aliphatic carbocycles. The normalized spacial score (nSPS) is 10.3. The molecule has 0 aromatic heterocycles. The molecule has 0 atom stereocenters. The van der Waals surface area contributed by atoms with Gasteiger partial charge in [0.1, 0.15) is 23.0 Å². The summed E-state index contributed by atoms with van der Waals surface area (Å²) in [6.07, 6.45) is 5.99. The number of hydrogen-bond acceptors (Lipinski definition) is 10. The van der Waals surface area contributed by atoms with Crippen molar-refractivity contribution in [3.05, 3.63) is 109 Å². The lowest BCUT2D eigenvalue weighted by atomic mass is 10.2. The molecule has 0 aliphatic heterocycles. The molecule has 0 spiro atoms. The van der Waals surface area contributed by atoms with Crippen molar-refractivity contribution in [2.75, 3.05) is 26.4 Å². The maximum absolute atomic E-state index is 12.7. The van der Waals surface area contributed by atoms with Gasteiger partial charge in [0.2, 0.25) is 0 Å². The first-order chi connectivity index (χ1) is 22.3. The molecule has 0 saturated carbocycles. The fourth-order valence-electron chi connectivity index (χ4n) is 3.93. The molecule has 242 valence electrons. The highest BCUT2D eigenvalue weighted by atomic mass is 16.5. The molecule has 3 aromatic carbocycles. The first kappa shape index (κ1) is 35.1. The van der Waals surface area contributed by atoms with Gasteiger partial charge in [0.05, 0.1) is 37.6 Å². The second kappa shape index (κ2) is 19.1.